The first-order valence-corrected chi connectivity index (χ1v) is 13.7. The zero-order valence-electron chi connectivity index (χ0n) is 23.6. The van der Waals surface area contributed by atoms with Crippen molar-refractivity contribution in [2.75, 3.05) is 44.0 Å². The van der Waals surface area contributed by atoms with Crippen LogP contribution in [-0.4, -0.2) is 75.8 Å². The molecule has 11 heteroatoms. The number of aliphatic hydroxyl groups is 1. The number of carbonyl (C=O) groups excluding carboxylic acids is 1. The Morgan fingerprint density at radius 3 is 2.85 bits per heavy atom. The minimum atomic E-state index is -0.957. The van der Waals surface area contributed by atoms with Crippen molar-refractivity contribution >= 4 is 28.7 Å². The number of hydrogen-bond acceptors (Lipinski definition) is 8. The van der Waals surface area contributed by atoms with Crippen LogP contribution in [0.5, 0.6) is 0 Å². The number of imidazole rings is 1. The molecule has 1 amide bonds. The number of nitrogens with one attached hydrogen (secondary N) is 2. The number of rotatable bonds is 7. The van der Waals surface area contributed by atoms with Crippen LogP contribution in [0.4, 0.5) is 21.6 Å². The summed E-state index contributed by atoms with van der Waals surface area (Å²) in [6, 6.07) is 10.5. The van der Waals surface area contributed by atoms with E-state index in [1.165, 1.54) is 12.1 Å². The number of aromatic nitrogens is 3. The van der Waals surface area contributed by atoms with Gasteiger partial charge in [-0.3, -0.25) is 9.20 Å². The Kier molecular flexibility index (Phi) is 6.88. The van der Waals surface area contributed by atoms with E-state index in [1.807, 2.05) is 42.8 Å². The number of pyridine rings is 2. The number of amides is 1. The molecule has 6 rings (SSSR count). The van der Waals surface area contributed by atoms with Crippen molar-refractivity contribution in [1.29, 1.82) is 0 Å². The first-order valence-electron chi connectivity index (χ1n) is 13.7. The van der Waals surface area contributed by atoms with Crippen LogP contribution in [0.3, 0.4) is 0 Å². The van der Waals surface area contributed by atoms with E-state index in [-0.39, 0.29) is 17.8 Å². The highest BCUT2D eigenvalue weighted by Gasteiger charge is 2.33. The molecule has 0 unspecified atom stereocenters. The van der Waals surface area contributed by atoms with Crippen LogP contribution >= 0.6 is 0 Å². The maximum atomic E-state index is 13.7. The number of carbonyl (C=O) groups is 1. The number of fused-ring (bicyclic) bond motifs is 2. The smallest absolute Gasteiger partial charge is 0.254 e. The molecular weight excluding hydrogens is 525 g/mol. The standard InChI is InChI=1S/C30H34FN7O3/c1-30(2,40)25-17-37(11-12-41-25)23-7-8-26(35-22(23)16-36(3)4)34-21-6-5-19(20-14-33-29(39)28(20)21)24-15-32-27-13-18(31)9-10-38(24)27/h5-10,13,15,25,40H,11-12,14,16-17H2,1-4H3,(H,33,39)(H,34,35)/t25-/m0/s1. The molecule has 5 heterocycles. The van der Waals surface area contributed by atoms with Crippen molar-refractivity contribution in [3.63, 3.8) is 0 Å². The molecule has 2 aliphatic rings. The topological polar surface area (TPSA) is 107 Å². The lowest BCUT2D eigenvalue weighted by Gasteiger charge is -2.40. The number of hydrogen-bond donors (Lipinski definition) is 3. The molecule has 214 valence electrons. The molecule has 3 N–H and O–H groups in total. The van der Waals surface area contributed by atoms with Crippen molar-refractivity contribution < 1.29 is 19.0 Å². The summed E-state index contributed by atoms with van der Waals surface area (Å²) in [5, 5.41) is 16.9. The first-order chi connectivity index (χ1) is 19.6. The lowest BCUT2D eigenvalue weighted by molar-refractivity contribution is -0.0928. The molecule has 2 aliphatic heterocycles. The molecule has 1 atom stereocenters. The van der Waals surface area contributed by atoms with E-state index in [0.29, 0.717) is 55.5 Å². The molecule has 41 heavy (non-hydrogen) atoms. The van der Waals surface area contributed by atoms with Crippen molar-refractivity contribution in [3.05, 3.63) is 71.4 Å². The summed E-state index contributed by atoms with van der Waals surface area (Å²) < 4.78 is 21.4. The minimum Gasteiger partial charge on any atom is -0.388 e. The largest absolute Gasteiger partial charge is 0.388 e. The highest BCUT2D eigenvalue weighted by molar-refractivity contribution is 6.06. The fourth-order valence-electron chi connectivity index (χ4n) is 5.55. The molecule has 4 aromatic rings. The normalized spacial score (nSPS) is 17.3. The number of anilines is 3. The summed E-state index contributed by atoms with van der Waals surface area (Å²) in [5.41, 5.74) is 5.11. The zero-order chi connectivity index (χ0) is 28.9. The second-order valence-electron chi connectivity index (χ2n) is 11.4. The third kappa shape index (κ3) is 5.23. The Labute approximate surface area is 237 Å². The lowest BCUT2D eigenvalue weighted by atomic mass is 9.99. The van der Waals surface area contributed by atoms with Gasteiger partial charge in [0.25, 0.3) is 5.91 Å². The average Bonchev–Trinajstić information content (AvgIpc) is 3.52. The van der Waals surface area contributed by atoms with Gasteiger partial charge in [0.1, 0.15) is 23.4 Å². The molecular formula is C30H34FN7O3. The average molecular weight is 560 g/mol. The number of benzene rings is 1. The van der Waals surface area contributed by atoms with Gasteiger partial charge >= 0.3 is 0 Å². The predicted molar refractivity (Wildman–Crippen MR) is 155 cm³/mol. The van der Waals surface area contributed by atoms with Gasteiger partial charge in [-0.15, -0.1) is 0 Å². The van der Waals surface area contributed by atoms with E-state index in [9.17, 15) is 14.3 Å². The Bertz CT molecular complexity index is 1630. The van der Waals surface area contributed by atoms with Gasteiger partial charge in [0.2, 0.25) is 0 Å². The highest BCUT2D eigenvalue weighted by Crippen LogP contribution is 2.36. The zero-order valence-corrected chi connectivity index (χ0v) is 23.6. The van der Waals surface area contributed by atoms with Gasteiger partial charge in [0.15, 0.2) is 0 Å². The molecule has 10 nitrogen and oxygen atoms in total. The lowest BCUT2D eigenvalue weighted by Crippen LogP contribution is -2.52. The predicted octanol–water partition coefficient (Wildman–Crippen LogP) is 3.56. The second kappa shape index (κ2) is 10.4. The minimum absolute atomic E-state index is 0.166. The van der Waals surface area contributed by atoms with Gasteiger partial charge in [-0.2, -0.15) is 0 Å². The highest BCUT2D eigenvalue weighted by atomic mass is 19.1. The fraction of sp³-hybridized carbons (Fsp3) is 0.367. The Morgan fingerprint density at radius 1 is 1.24 bits per heavy atom. The van der Waals surface area contributed by atoms with Crippen molar-refractivity contribution in [3.8, 4) is 11.3 Å². The maximum absolute atomic E-state index is 13.7. The van der Waals surface area contributed by atoms with Gasteiger partial charge in [-0.1, -0.05) is 6.07 Å². The molecule has 3 aromatic heterocycles. The van der Waals surface area contributed by atoms with Gasteiger partial charge in [0, 0.05) is 44.0 Å². The molecule has 0 saturated carbocycles. The molecule has 1 saturated heterocycles. The summed E-state index contributed by atoms with van der Waals surface area (Å²) in [4.78, 5) is 26.6. The summed E-state index contributed by atoms with van der Waals surface area (Å²) >= 11 is 0. The second-order valence-corrected chi connectivity index (χ2v) is 11.4. The summed E-state index contributed by atoms with van der Waals surface area (Å²) in [6.45, 7) is 6.30. The molecule has 0 radical (unpaired) electrons. The van der Waals surface area contributed by atoms with E-state index in [0.717, 1.165) is 28.2 Å². The quantitative estimate of drug-likeness (QED) is 0.316. The van der Waals surface area contributed by atoms with Crippen molar-refractivity contribution in [2.45, 2.75) is 38.6 Å². The van der Waals surface area contributed by atoms with Gasteiger partial charge < -0.3 is 30.3 Å². The van der Waals surface area contributed by atoms with E-state index in [1.54, 1.807) is 26.2 Å². The number of morpholine rings is 1. The third-order valence-corrected chi connectivity index (χ3v) is 7.59. The van der Waals surface area contributed by atoms with Gasteiger partial charge in [-0.05, 0) is 57.8 Å². The Balaban J connectivity index is 1.34. The number of ether oxygens (including phenoxy) is 1. The van der Waals surface area contributed by atoms with Crippen LogP contribution < -0.4 is 15.5 Å². The van der Waals surface area contributed by atoms with Crippen LogP contribution in [0, 0.1) is 5.82 Å². The van der Waals surface area contributed by atoms with Gasteiger partial charge in [-0.25, -0.2) is 14.4 Å². The van der Waals surface area contributed by atoms with E-state index >= 15 is 0 Å². The van der Waals surface area contributed by atoms with E-state index in [2.05, 4.69) is 25.4 Å². The summed E-state index contributed by atoms with van der Waals surface area (Å²) in [5.74, 6) is 0.104. The SMILES string of the molecule is CN(C)Cc1nc(Nc2ccc(-c3cnc4cc(F)ccn34)c3c2C(=O)NC3)ccc1N1CCO[C@H](C(C)(C)O)C1. The van der Waals surface area contributed by atoms with Crippen LogP contribution in [-0.2, 0) is 17.8 Å². The van der Waals surface area contributed by atoms with Crippen LogP contribution in [0.2, 0.25) is 0 Å². The van der Waals surface area contributed by atoms with Crippen molar-refractivity contribution in [1.82, 2.24) is 24.6 Å². The maximum Gasteiger partial charge on any atom is 0.254 e. The third-order valence-electron chi connectivity index (χ3n) is 7.59. The van der Waals surface area contributed by atoms with Crippen LogP contribution in [0.1, 0.15) is 35.5 Å². The van der Waals surface area contributed by atoms with Crippen LogP contribution in [0.25, 0.3) is 16.9 Å². The number of nitrogens with zero attached hydrogens (tertiary/aromatic N) is 5. The molecule has 0 aliphatic carbocycles. The van der Waals surface area contributed by atoms with E-state index in [4.69, 9.17) is 9.72 Å². The van der Waals surface area contributed by atoms with Crippen molar-refractivity contribution in [2.24, 2.45) is 0 Å². The molecule has 1 aromatic carbocycles. The first kappa shape index (κ1) is 27.1. The molecule has 0 spiro atoms. The van der Waals surface area contributed by atoms with Gasteiger partial charge in [0.05, 0.1) is 46.7 Å². The van der Waals surface area contributed by atoms with E-state index < -0.39 is 5.60 Å². The molecule has 1 fully saturated rings. The Morgan fingerprint density at radius 2 is 2.07 bits per heavy atom. The fourth-order valence-corrected chi connectivity index (χ4v) is 5.55. The molecule has 0 bridgehead atoms. The monoisotopic (exact) mass is 559 g/mol. The summed E-state index contributed by atoms with van der Waals surface area (Å²) in [6.07, 6.45) is 3.03. The Hall–Kier alpha value is -4.06. The number of halogens is 1. The van der Waals surface area contributed by atoms with Crippen LogP contribution in [0.15, 0.2) is 48.8 Å². The summed E-state index contributed by atoms with van der Waals surface area (Å²) in [7, 11) is 3.99.